The van der Waals surface area contributed by atoms with E-state index in [-0.39, 0.29) is 11.4 Å². The van der Waals surface area contributed by atoms with Crippen LogP contribution in [-0.2, 0) is 10.0 Å². The standard InChI is InChI=1S/C15H13ClN2O2S/c16-13-6-8-15(9-7-13)21(19,20)18-14-5-1-3-12(11-14)4-2-10-17/h1,3,5-9,11,18H,10,17H2. The first kappa shape index (κ1) is 15.4. The lowest BCUT2D eigenvalue weighted by molar-refractivity contribution is 0.601. The highest BCUT2D eigenvalue weighted by atomic mass is 35.5. The third kappa shape index (κ3) is 4.23. The summed E-state index contributed by atoms with van der Waals surface area (Å²) >= 11 is 5.75. The fourth-order valence-electron chi connectivity index (χ4n) is 1.64. The van der Waals surface area contributed by atoms with Gasteiger partial charge < -0.3 is 5.73 Å². The van der Waals surface area contributed by atoms with Crippen LogP contribution in [0.1, 0.15) is 5.56 Å². The van der Waals surface area contributed by atoms with Crippen molar-refractivity contribution in [3.05, 3.63) is 59.1 Å². The summed E-state index contributed by atoms with van der Waals surface area (Å²) in [5.41, 5.74) is 6.44. The number of anilines is 1. The van der Waals surface area contributed by atoms with Crippen molar-refractivity contribution in [2.24, 2.45) is 5.73 Å². The molecule has 0 saturated carbocycles. The van der Waals surface area contributed by atoms with Crippen molar-refractivity contribution < 1.29 is 8.42 Å². The predicted molar refractivity (Wildman–Crippen MR) is 84.6 cm³/mol. The molecule has 0 unspecified atom stereocenters. The first-order chi connectivity index (χ1) is 10.0. The van der Waals surface area contributed by atoms with E-state index in [9.17, 15) is 8.42 Å². The maximum Gasteiger partial charge on any atom is 0.261 e. The number of hydrogen-bond acceptors (Lipinski definition) is 3. The highest BCUT2D eigenvalue weighted by Gasteiger charge is 2.13. The van der Waals surface area contributed by atoms with Crippen LogP contribution in [0.2, 0.25) is 5.02 Å². The first-order valence-corrected chi connectivity index (χ1v) is 7.95. The summed E-state index contributed by atoms with van der Waals surface area (Å²) in [6, 6.07) is 12.8. The number of nitrogens with one attached hydrogen (secondary N) is 1. The summed E-state index contributed by atoms with van der Waals surface area (Å²) in [6.45, 7) is 0.251. The van der Waals surface area contributed by atoms with Gasteiger partial charge in [0.2, 0.25) is 0 Å². The Morgan fingerprint density at radius 2 is 1.86 bits per heavy atom. The van der Waals surface area contributed by atoms with Crippen LogP contribution >= 0.6 is 11.6 Å². The molecule has 0 fully saturated rings. The van der Waals surface area contributed by atoms with E-state index in [4.69, 9.17) is 17.3 Å². The molecule has 0 aliphatic rings. The summed E-state index contributed by atoms with van der Waals surface area (Å²) in [5.74, 6) is 5.57. The normalized spacial score (nSPS) is 10.6. The molecule has 3 N–H and O–H groups in total. The molecular formula is C15H13ClN2O2S. The largest absolute Gasteiger partial charge is 0.320 e. The average molecular weight is 321 g/mol. The lowest BCUT2D eigenvalue weighted by Gasteiger charge is -2.08. The van der Waals surface area contributed by atoms with Crippen molar-refractivity contribution in [3.8, 4) is 11.8 Å². The molecule has 21 heavy (non-hydrogen) atoms. The topological polar surface area (TPSA) is 72.2 Å². The Kier molecular flexibility index (Phi) is 4.86. The molecule has 2 aromatic carbocycles. The Morgan fingerprint density at radius 1 is 1.14 bits per heavy atom. The van der Waals surface area contributed by atoms with Crippen LogP contribution in [0.15, 0.2) is 53.4 Å². The van der Waals surface area contributed by atoms with E-state index in [1.807, 2.05) is 0 Å². The summed E-state index contributed by atoms with van der Waals surface area (Å²) in [5, 5.41) is 0.480. The molecule has 108 valence electrons. The third-order valence-corrected chi connectivity index (χ3v) is 4.22. The zero-order valence-corrected chi connectivity index (χ0v) is 12.6. The number of rotatable bonds is 3. The van der Waals surface area contributed by atoms with E-state index in [2.05, 4.69) is 16.6 Å². The van der Waals surface area contributed by atoms with Crippen molar-refractivity contribution >= 4 is 27.3 Å². The van der Waals surface area contributed by atoms with Crippen LogP contribution in [0.3, 0.4) is 0 Å². The van der Waals surface area contributed by atoms with Crippen LogP contribution in [-0.4, -0.2) is 15.0 Å². The minimum Gasteiger partial charge on any atom is -0.320 e. The van der Waals surface area contributed by atoms with Crippen LogP contribution in [0.5, 0.6) is 0 Å². The molecule has 0 bridgehead atoms. The van der Waals surface area contributed by atoms with E-state index in [1.54, 1.807) is 24.3 Å². The maximum absolute atomic E-state index is 12.2. The number of halogens is 1. The van der Waals surface area contributed by atoms with Crippen molar-refractivity contribution in [1.82, 2.24) is 0 Å². The number of hydrogen-bond donors (Lipinski definition) is 2. The van der Waals surface area contributed by atoms with E-state index in [0.717, 1.165) is 0 Å². The van der Waals surface area contributed by atoms with Gasteiger partial charge in [0.25, 0.3) is 10.0 Å². The van der Waals surface area contributed by atoms with Crippen molar-refractivity contribution in [2.45, 2.75) is 4.90 Å². The Bertz CT molecular complexity index is 790. The molecule has 0 aliphatic heterocycles. The highest BCUT2D eigenvalue weighted by molar-refractivity contribution is 7.92. The zero-order valence-electron chi connectivity index (χ0n) is 11.0. The third-order valence-electron chi connectivity index (χ3n) is 2.57. The smallest absolute Gasteiger partial charge is 0.261 e. The summed E-state index contributed by atoms with van der Waals surface area (Å²) in [7, 11) is -3.65. The van der Waals surface area contributed by atoms with Crippen LogP contribution < -0.4 is 10.5 Å². The minimum atomic E-state index is -3.65. The van der Waals surface area contributed by atoms with Gasteiger partial charge in [-0.3, -0.25) is 4.72 Å². The lowest BCUT2D eigenvalue weighted by atomic mass is 10.2. The molecule has 0 atom stereocenters. The van der Waals surface area contributed by atoms with Gasteiger partial charge in [-0.25, -0.2) is 8.42 Å². The number of benzene rings is 2. The Balaban J connectivity index is 2.26. The van der Waals surface area contributed by atoms with E-state index < -0.39 is 10.0 Å². The fraction of sp³-hybridized carbons (Fsp3) is 0.0667. The quantitative estimate of drug-likeness (QED) is 0.853. The highest BCUT2D eigenvalue weighted by Crippen LogP contribution is 2.18. The monoisotopic (exact) mass is 320 g/mol. The van der Waals surface area contributed by atoms with Gasteiger partial charge in [0.05, 0.1) is 17.1 Å². The molecule has 0 amide bonds. The molecule has 4 nitrogen and oxygen atoms in total. The Labute approximate surface area is 129 Å². The fourth-order valence-corrected chi connectivity index (χ4v) is 2.82. The molecule has 0 spiro atoms. The van der Waals surface area contributed by atoms with Gasteiger partial charge in [-0.1, -0.05) is 29.5 Å². The second kappa shape index (κ2) is 6.64. The summed E-state index contributed by atoms with van der Waals surface area (Å²) < 4.78 is 27.0. The molecule has 0 aliphatic carbocycles. The minimum absolute atomic E-state index is 0.144. The van der Waals surface area contributed by atoms with Gasteiger partial charge in [-0.2, -0.15) is 0 Å². The first-order valence-electron chi connectivity index (χ1n) is 6.09. The van der Waals surface area contributed by atoms with Gasteiger partial charge in [-0.15, -0.1) is 0 Å². The molecule has 2 rings (SSSR count). The maximum atomic E-state index is 12.2. The lowest BCUT2D eigenvalue weighted by Crippen LogP contribution is -2.12. The van der Waals surface area contributed by atoms with Crippen molar-refractivity contribution in [1.29, 1.82) is 0 Å². The van der Waals surface area contributed by atoms with Crippen LogP contribution in [0, 0.1) is 11.8 Å². The van der Waals surface area contributed by atoms with E-state index >= 15 is 0 Å². The van der Waals surface area contributed by atoms with Crippen molar-refractivity contribution in [3.63, 3.8) is 0 Å². The van der Waals surface area contributed by atoms with E-state index in [0.29, 0.717) is 16.3 Å². The van der Waals surface area contributed by atoms with Crippen LogP contribution in [0.4, 0.5) is 5.69 Å². The SMILES string of the molecule is NCC#Cc1cccc(NS(=O)(=O)c2ccc(Cl)cc2)c1. The second-order valence-electron chi connectivity index (χ2n) is 4.15. The summed E-state index contributed by atoms with van der Waals surface area (Å²) in [4.78, 5) is 0.144. The van der Waals surface area contributed by atoms with Crippen molar-refractivity contribution in [2.75, 3.05) is 11.3 Å². The molecule has 0 heterocycles. The molecule has 2 aromatic rings. The number of nitrogens with two attached hydrogens (primary N) is 1. The Morgan fingerprint density at radius 3 is 2.52 bits per heavy atom. The van der Waals surface area contributed by atoms with Gasteiger partial charge in [0.15, 0.2) is 0 Å². The predicted octanol–water partition coefficient (Wildman–Crippen LogP) is 2.45. The average Bonchev–Trinajstić information content (AvgIpc) is 2.45. The zero-order chi connectivity index (χ0) is 15.3. The Hall–Kier alpha value is -2.00. The van der Waals surface area contributed by atoms with Gasteiger partial charge in [-0.05, 0) is 42.5 Å². The van der Waals surface area contributed by atoms with E-state index in [1.165, 1.54) is 24.3 Å². The van der Waals surface area contributed by atoms with Gasteiger partial charge >= 0.3 is 0 Å². The molecule has 6 heteroatoms. The number of sulfonamides is 1. The molecule has 0 aromatic heterocycles. The van der Waals surface area contributed by atoms with Crippen LogP contribution in [0.25, 0.3) is 0 Å². The molecule has 0 saturated heterocycles. The molecular weight excluding hydrogens is 308 g/mol. The van der Waals surface area contributed by atoms with Gasteiger partial charge in [0, 0.05) is 10.6 Å². The van der Waals surface area contributed by atoms with Gasteiger partial charge in [0.1, 0.15) is 0 Å². The molecule has 0 radical (unpaired) electrons. The second-order valence-corrected chi connectivity index (χ2v) is 6.26. The summed E-state index contributed by atoms with van der Waals surface area (Å²) in [6.07, 6.45) is 0.